The highest BCUT2D eigenvalue weighted by atomic mass is 19.1. The molecule has 1 saturated carbocycles. The molecule has 0 spiro atoms. The van der Waals surface area contributed by atoms with Crippen molar-refractivity contribution in [3.63, 3.8) is 0 Å². The van der Waals surface area contributed by atoms with E-state index >= 15 is 0 Å². The number of nitrogens with zero attached hydrogens (tertiary/aromatic N) is 4. The average molecular weight is 462 g/mol. The van der Waals surface area contributed by atoms with Crippen molar-refractivity contribution in [2.75, 3.05) is 5.32 Å². The molecule has 0 saturated heterocycles. The molecule has 174 valence electrons. The summed E-state index contributed by atoms with van der Waals surface area (Å²) in [7, 11) is 0. The van der Waals surface area contributed by atoms with E-state index in [1.807, 2.05) is 13.0 Å². The summed E-state index contributed by atoms with van der Waals surface area (Å²) in [6.07, 6.45) is 6.37. The van der Waals surface area contributed by atoms with Crippen LogP contribution in [0.4, 0.5) is 20.4 Å². The minimum atomic E-state index is -0.672. The van der Waals surface area contributed by atoms with Gasteiger partial charge in [0.15, 0.2) is 0 Å². The molecule has 4 aromatic rings. The minimum absolute atomic E-state index is 0.112. The fourth-order valence-electron chi connectivity index (χ4n) is 4.44. The minimum Gasteiger partial charge on any atom is -0.390 e. The van der Waals surface area contributed by atoms with Gasteiger partial charge in [0, 0.05) is 23.5 Å². The maximum absolute atomic E-state index is 13.6. The third kappa shape index (κ3) is 4.68. The van der Waals surface area contributed by atoms with Crippen molar-refractivity contribution in [1.82, 2.24) is 19.5 Å². The Hall–Kier alpha value is -3.65. The lowest BCUT2D eigenvalue weighted by atomic mass is 9.83. The molecule has 1 aliphatic rings. The zero-order chi connectivity index (χ0) is 23.7. The van der Waals surface area contributed by atoms with E-state index in [4.69, 9.17) is 0 Å². The van der Waals surface area contributed by atoms with Crippen LogP contribution in [0.3, 0.4) is 0 Å². The third-order valence-electron chi connectivity index (χ3n) is 6.32. The van der Waals surface area contributed by atoms with Gasteiger partial charge in [0.1, 0.15) is 17.5 Å². The normalized spacial score (nSPS) is 20.3. The van der Waals surface area contributed by atoms with Gasteiger partial charge in [-0.15, -0.1) is 0 Å². The van der Waals surface area contributed by atoms with Crippen LogP contribution in [0.2, 0.25) is 0 Å². The number of nitrogens with one attached hydrogen (secondary N) is 1. The monoisotopic (exact) mass is 461 g/mol. The fourth-order valence-corrected chi connectivity index (χ4v) is 4.44. The molecule has 8 heteroatoms. The average Bonchev–Trinajstić information content (AvgIpc) is 3.26. The Morgan fingerprint density at radius 3 is 2.26 bits per heavy atom. The second-order valence-corrected chi connectivity index (χ2v) is 8.97. The van der Waals surface area contributed by atoms with Gasteiger partial charge in [-0.2, -0.15) is 0 Å². The molecule has 0 radical (unpaired) electrons. The zero-order valence-electron chi connectivity index (χ0n) is 18.7. The van der Waals surface area contributed by atoms with Gasteiger partial charge in [-0.05, 0) is 87.2 Å². The summed E-state index contributed by atoms with van der Waals surface area (Å²) in [4.78, 5) is 13.7. The highest BCUT2D eigenvalue weighted by Gasteiger charge is 2.32. The molecule has 2 N–H and O–H groups in total. The number of rotatable bonds is 5. The van der Waals surface area contributed by atoms with Gasteiger partial charge in [-0.25, -0.2) is 23.7 Å². The van der Waals surface area contributed by atoms with Gasteiger partial charge in [-0.1, -0.05) is 0 Å². The molecule has 5 rings (SSSR count). The summed E-state index contributed by atoms with van der Waals surface area (Å²) in [5, 5.41) is 13.6. The van der Waals surface area contributed by atoms with Crippen molar-refractivity contribution in [2.45, 2.75) is 44.2 Å². The maximum Gasteiger partial charge on any atom is 0.227 e. The second kappa shape index (κ2) is 8.95. The van der Waals surface area contributed by atoms with Gasteiger partial charge in [-0.3, -0.25) is 0 Å². The molecule has 2 aromatic carbocycles. The Balaban J connectivity index is 1.53. The Bertz CT molecular complexity index is 1280. The molecule has 0 bridgehead atoms. The van der Waals surface area contributed by atoms with Gasteiger partial charge in [0.2, 0.25) is 5.95 Å². The number of anilines is 2. The first-order valence-electron chi connectivity index (χ1n) is 11.3. The first-order valence-corrected chi connectivity index (χ1v) is 11.3. The number of imidazole rings is 1. The molecule has 34 heavy (non-hydrogen) atoms. The van der Waals surface area contributed by atoms with Crippen LogP contribution in [-0.2, 0) is 0 Å². The lowest BCUT2D eigenvalue weighted by Crippen LogP contribution is -2.31. The Morgan fingerprint density at radius 2 is 1.59 bits per heavy atom. The lowest BCUT2D eigenvalue weighted by molar-refractivity contribution is 0.0103. The fraction of sp³-hybridized carbons (Fsp3) is 0.269. The molecule has 0 aliphatic heterocycles. The van der Waals surface area contributed by atoms with E-state index in [2.05, 4.69) is 24.8 Å². The maximum atomic E-state index is 13.6. The van der Waals surface area contributed by atoms with Crippen molar-refractivity contribution < 1.29 is 13.9 Å². The van der Waals surface area contributed by atoms with Crippen LogP contribution in [0.25, 0.3) is 22.8 Å². The van der Waals surface area contributed by atoms with Crippen molar-refractivity contribution in [1.29, 1.82) is 0 Å². The number of halogens is 2. The smallest absolute Gasteiger partial charge is 0.227 e. The Morgan fingerprint density at radius 1 is 0.941 bits per heavy atom. The van der Waals surface area contributed by atoms with Crippen molar-refractivity contribution in [3.8, 4) is 22.8 Å². The summed E-state index contributed by atoms with van der Waals surface area (Å²) >= 11 is 0. The molecule has 0 unspecified atom stereocenters. The molecular weight excluding hydrogens is 436 g/mol. The van der Waals surface area contributed by atoms with Crippen LogP contribution in [0.15, 0.2) is 67.0 Å². The summed E-state index contributed by atoms with van der Waals surface area (Å²) in [5.41, 5.74) is 2.31. The van der Waals surface area contributed by atoms with Crippen LogP contribution in [0.1, 0.15) is 38.6 Å². The van der Waals surface area contributed by atoms with Crippen LogP contribution >= 0.6 is 0 Å². The molecular formula is C26H25F2N5O. The third-order valence-corrected chi connectivity index (χ3v) is 6.32. The summed E-state index contributed by atoms with van der Waals surface area (Å²) < 4.78 is 28.9. The first kappa shape index (κ1) is 22.2. The molecule has 1 aliphatic carbocycles. The van der Waals surface area contributed by atoms with Gasteiger partial charge >= 0.3 is 0 Å². The highest BCUT2D eigenvalue weighted by Crippen LogP contribution is 2.39. The molecule has 2 heterocycles. The van der Waals surface area contributed by atoms with E-state index in [1.165, 1.54) is 24.3 Å². The topological polar surface area (TPSA) is 75.9 Å². The van der Waals surface area contributed by atoms with E-state index in [9.17, 15) is 13.9 Å². The molecule has 6 nitrogen and oxygen atoms in total. The second-order valence-electron chi connectivity index (χ2n) is 8.97. The predicted octanol–water partition coefficient (Wildman–Crippen LogP) is 5.90. The van der Waals surface area contributed by atoms with Crippen LogP contribution in [0.5, 0.6) is 0 Å². The summed E-state index contributed by atoms with van der Waals surface area (Å²) in [6.45, 7) is 1.87. The van der Waals surface area contributed by atoms with Gasteiger partial charge in [0.25, 0.3) is 0 Å². The SMILES string of the molecule is CC1(O)CCC(n2c(-c3ccnc(Nc4ccc(F)cc4)n3)cnc2-c2ccc(F)cc2)CC1. The van der Waals surface area contributed by atoms with Crippen molar-refractivity contribution in [2.24, 2.45) is 0 Å². The quantitative estimate of drug-likeness (QED) is 0.387. The van der Waals surface area contributed by atoms with Crippen LogP contribution < -0.4 is 5.32 Å². The standard InChI is InChI=1S/C26H25F2N5O/c1-26(34)13-10-21(11-14-26)33-23(16-30-24(33)17-2-4-18(27)5-3-17)22-12-15-29-25(32-22)31-20-8-6-19(28)7-9-20/h2-9,12,15-16,21,34H,10-11,13-14H2,1H3,(H,29,31,32). The number of hydrogen-bond donors (Lipinski definition) is 2. The molecule has 1 fully saturated rings. The van der Waals surface area contributed by atoms with E-state index in [1.54, 1.807) is 36.7 Å². The number of aromatic nitrogens is 4. The van der Waals surface area contributed by atoms with E-state index in [0.717, 1.165) is 29.9 Å². The number of aliphatic hydroxyl groups is 1. The van der Waals surface area contributed by atoms with Crippen LogP contribution in [0, 0.1) is 11.6 Å². The number of hydrogen-bond acceptors (Lipinski definition) is 5. The lowest BCUT2D eigenvalue weighted by Gasteiger charge is -2.35. The largest absolute Gasteiger partial charge is 0.390 e. The van der Waals surface area contributed by atoms with E-state index < -0.39 is 5.60 Å². The molecule has 0 atom stereocenters. The zero-order valence-corrected chi connectivity index (χ0v) is 18.7. The van der Waals surface area contributed by atoms with E-state index in [-0.39, 0.29) is 17.7 Å². The highest BCUT2D eigenvalue weighted by molar-refractivity contribution is 5.65. The van der Waals surface area contributed by atoms with Crippen molar-refractivity contribution in [3.05, 3.63) is 78.6 Å². The Labute approximate surface area is 196 Å². The van der Waals surface area contributed by atoms with E-state index in [0.29, 0.717) is 30.2 Å². The Kier molecular flexibility index (Phi) is 5.83. The molecule has 2 aromatic heterocycles. The number of benzene rings is 2. The van der Waals surface area contributed by atoms with Crippen LogP contribution in [-0.4, -0.2) is 30.2 Å². The molecule has 0 amide bonds. The van der Waals surface area contributed by atoms with Crippen molar-refractivity contribution >= 4 is 11.6 Å². The summed E-state index contributed by atoms with van der Waals surface area (Å²) in [6, 6.07) is 14.2. The predicted molar refractivity (Wildman–Crippen MR) is 126 cm³/mol. The summed E-state index contributed by atoms with van der Waals surface area (Å²) in [5.74, 6) is 0.493. The van der Waals surface area contributed by atoms with Gasteiger partial charge in [0.05, 0.1) is 23.2 Å². The first-order chi connectivity index (χ1) is 16.4. The van der Waals surface area contributed by atoms with Gasteiger partial charge < -0.3 is 15.0 Å².